The van der Waals surface area contributed by atoms with Gasteiger partial charge in [-0.1, -0.05) is 13.3 Å². The molecule has 2 aliphatic heterocycles. The van der Waals surface area contributed by atoms with Gasteiger partial charge in [-0.05, 0) is 31.3 Å². The summed E-state index contributed by atoms with van der Waals surface area (Å²) in [6, 6.07) is 0.789. The van der Waals surface area contributed by atoms with E-state index in [0.29, 0.717) is 0 Å². The van der Waals surface area contributed by atoms with Crippen LogP contribution >= 0.6 is 0 Å². The molecule has 3 nitrogen and oxygen atoms in total. The molecule has 0 aromatic heterocycles. The summed E-state index contributed by atoms with van der Waals surface area (Å²) in [7, 11) is 1.81. The zero-order valence-corrected chi connectivity index (χ0v) is 10.0. The lowest BCUT2D eigenvalue weighted by Crippen LogP contribution is -2.39. The van der Waals surface area contributed by atoms with Crippen molar-refractivity contribution in [1.29, 1.82) is 0 Å². The minimum Gasteiger partial charge on any atom is -0.384 e. The molecule has 0 aromatic carbocycles. The molecule has 2 saturated heterocycles. The lowest BCUT2D eigenvalue weighted by atomic mass is 10.00. The average Bonchev–Trinajstić information content (AvgIpc) is 2.84. The highest BCUT2D eigenvalue weighted by Crippen LogP contribution is 2.25. The predicted octanol–water partition coefficient (Wildman–Crippen LogP) is 0.953. The van der Waals surface area contributed by atoms with Gasteiger partial charge in [0.05, 0.1) is 6.61 Å². The third-order valence-electron chi connectivity index (χ3n) is 4.02. The van der Waals surface area contributed by atoms with E-state index in [2.05, 4.69) is 17.1 Å². The summed E-state index contributed by atoms with van der Waals surface area (Å²) in [5.41, 5.74) is 0. The van der Waals surface area contributed by atoms with Crippen molar-refractivity contribution < 1.29 is 4.74 Å². The van der Waals surface area contributed by atoms with Crippen LogP contribution in [0.4, 0.5) is 0 Å². The Bertz CT molecular complexity index is 198. The summed E-state index contributed by atoms with van der Waals surface area (Å²) >= 11 is 0. The summed E-state index contributed by atoms with van der Waals surface area (Å²) in [5, 5.41) is 3.52. The van der Waals surface area contributed by atoms with Gasteiger partial charge in [0.25, 0.3) is 0 Å². The van der Waals surface area contributed by atoms with Gasteiger partial charge in [-0.2, -0.15) is 0 Å². The number of rotatable bonds is 4. The topological polar surface area (TPSA) is 24.5 Å². The molecule has 15 heavy (non-hydrogen) atoms. The number of nitrogens with zero attached hydrogens (tertiary/aromatic N) is 1. The van der Waals surface area contributed by atoms with Crippen molar-refractivity contribution in [2.24, 2.45) is 11.8 Å². The van der Waals surface area contributed by atoms with E-state index < -0.39 is 0 Å². The molecule has 0 bridgehead atoms. The fourth-order valence-corrected chi connectivity index (χ4v) is 3.10. The van der Waals surface area contributed by atoms with E-state index in [0.717, 1.165) is 24.5 Å². The SMILES string of the molecule is CCC1CNCC1N1CCC(COC)C1. The van der Waals surface area contributed by atoms with Crippen LogP contribution in [0.5, 0.6) is 0 Å². The molecule has 3 unspecified atom stereocenters. The van der Waals surface area contributed by atoms with E-state index in [1.165, 1.54) is 39.0 Å². The third-order valence-corrected chi connectivity index (χ3v) is 4.02. The first-order valence-corrected chi connectivity index (χ1v) is 6.28. The van der Waals surface area contributed by atoms with E-state index in [1.807, 2.05) is 7.11 Å². The molecule has 0 aromatic rings. The van der Waals surface area contributed by atoms with Crippen LogP contribution in [0.15, 0.2) is 0 Å². The highest BCUT2D eigenvalue weighted by molar-refractivity contribution is 4.91. The van der Waals surface area contributed by atoms with Gasteiger partial charge < -0.3 is 10.1 Å². The highest BCUT2D eigenvalue weighted by Gasteiger charge is 2.34. The standard InChI is InChI=1S/C12H24N2O/c1-3-11-6-13-7-12(11)14-5-4-10(8-14)9-15-2/h10-13H,3-9H2,1-2H3. The normalized spacial score (nSPS) is 37.6. The Morgan fingerprint density at radius 2 is 2.27 bits per heavy atom. The van der Waals surface area contributed by atoms with E-state index in [4.69, 9.17) is 4.74 Å². The van der Waals surface area contributed by atoms with Crippen LogP contribution in [0.1, 0.15) is 19.8 Å². The molecule has 0 aliphatic carbocycles. The van der Waals surface area contributed by atoms with E-state index >= 15 is 0 Å². The van der Waals surface area contributed by atoms with Crippen LogP contribution in [0, 0.1) is 11.8 Å². The number of likely N-dealkylation sites (tertiary alicyclic amines) is 1. The lowest BCUT2D eigenvalue weighted by molar-refractivity contribution is 0.142. The Labute approximate surface area is 93.2 Å². The van der Waals surface area contributed by atoms with Crippen molar-refractivity contribution in [1.82, 2.24) is 10.2 Å². The zero-order chi connectivity index (χ0) is 10.7. The maximum atomic E-state index is 5.25. The minimum absolute atomic E-state index is 0.771. The highest BCUT2D eigenvalue weighted by atomic mass is 16.5. The second-order valence-corrected chi connectivity index (χ2v) is 5.00. The molecule has 0 amide bonds. The molecule has 3 heteroatoms. The van der Waals surface area contributed by atoms with Crippen LogP contribution in [-0.2, 0) is 4.74 Å². The second-order valence-electron chi connectivity index (χ2n) is 5.00. The molecule has 2 heterocycles. The minimum atomic E-state index is 0.771. The van der Waals surface area contributed by atoms with Gasteiger partial charge in [0.15, 0.2) is 0 Å². The van der Waals surface area contributed by atoms with Crippen LogP contribution in [0.3, 0.4) is 0 Å². The molecule has 0 radical (unpaired) electrons. The fourth-order valence-electron chi connectivity index (χ4n) is 3.10. The average molecular weight is 212 g/mol. The molecule has 3 atom stereocenters. The van der Waals surface area contributed by atoms with Crippen molar-refractivity contribution in [2.45, 2.75) is 25.8 Å². The maximum Gasteiger partial charge on any atom is 0.0503 e. The smallest absolute Gasteiger partial charge is 0.0503 e. The first-order chi connectivity index (χ1) is 7.35. The molecule has 1 N–H and O–H groups in total. The summed E-state index contributed by atoms with van der Waals surface area (Å²) in [6.07, 6.45) is 2.63. The lowest BCUT2D eigenvalue weighted by Gasteiger charge is -2.28. The molecule has 0 spiro atoms. The van der Waals surface area contributed by atoms with Gasteiger partial charge in [0, 0.05) is 26.2 Å². The van der Waals surface area contributed by atoms with Crippen LogP contribution in [0.2, 0.25) is 0 Å². The Hall–Kier alpha value is -0.120. The van der Waals surface area contributed by atoms with E-state index in [1.54, 1.807) is 0 Å². The van der Waals surface area contributed by atoms with Crippen molar-refractivity contribution in [3.05, 3.63) is 0 Å². The van der Waals surface area contributed by atoms with Gasteiger partial charge in [-0.3, -0.25) is 4.90 Å². The van der Waals surface area contributed by atoms with Crippen LogP contribution < -0.4 is 5.32 Å². The first kappa shape index (κ1) is 11.4. The second kappa shape index (κ2) is 5.28. The zero-order valence-electron chi connectivity index (χ0n) is 10.0. The molecular formula is C12H24N2O. The first-order valence-electron chi connectivity index (χ1n) is 6.28. The van der Waals surface area contributed by atoms with Crippen LogP contribution in [0.25, 0.3) is 0 Å². The van der Waals surface area contributed by atoms with E-state index in [-0.39, 0.29) is 0 Å². The molecule has 2 fully saturated rings. The number of hydrogen-bond acceptors (Lipinski definition) is 3. The Morgan fingerprint density at radius 3 is 3.00 bits per heavy atom. The summed E-state index contributed by atoms with van der Waals surface area (Å²) < 4.78 is 5.25. The summed E-state index contributed by atoms with van der Waals surface area (Å²) in [6.45, 7) is 8.18. The fraction of sp³-hybridized carbons (Fsp3) is 1.00. The molecular weight excluding hydrogens is 188 g/mol. The monoisotopic (exact) mass is 212 g/mol. The molecule has 2 aliphatic rings. The van der Waals surface area contributed by atoms with Crippen molar-refractivity contribution in [2.75, 3.05) is 39.9 Å². The van der Waals surface area contributed by atoms with E-state index in [9.17, 15) is 0 Å². The maximum absolute atomic E-state index is 5.25. The van der Waals surface area contributed by atoms with Gasteiger partial charge in [-0.25, -0.2) is 0 Å². The Morgan fingerprint density at radius 1 is 1.40 bits per heavy atom. The number of ether oxygens (including phenoxy) is 1. The molecule has 88 valence electrons. The van der Waals surface area contributed by atoms with Gasteiger partial charge in [0.2, 0.25) is 0 Å². The largest absolute Gasteiger partial charge is 0.384 e. The van der Waals surface area contributed by atoms with Gasteiger partial charge >= 0.3 is 0 Å². The summed E-state index contributed by atoms with van der Waals surface area (Å²) in [5.74, 6) is 1.64. The van der Waals surface area contributed by atoms with Crippen molar-refractivity contribution in [3.8, 4) is 0 Å². The summed E-state index contributed by atoms with van der Waals surface area (Å²) in [4.78, 5) is 2.68. The van der Waals surface area contributed by atoms with Crippen molar-refractivity contribution in [3.63, 3.8) is 0 Å². The predicted molar refractivity (Wildman–Crippen MR) is 62.0 cm³/mol. The number of nitrogens with one attached hydrogen (secondary N) is 1. The van der Waals surface area contributed by atoms with Crippen LogP contribution in [-0.4, -0.2) is 50.8 Å². The molecule has 2 rings (SSSR count). The Balaban J connectivity index is 1.84. The number of methoxy groups -OCH3 is 1. The van der Waals surface area contributed by atoms with Gasteiger partial charge in [0.1, 0.15) is 0 Å². The Kier molecular flexibility index (Phi) is 4.00. The third kappa shape index (κ3) is 2.52. The van der Waals surface area contributed by atoms with Crippen molar-refractivity contribution >= 4 is 0 Å². The quantitative estimate of drug-likeness (QED) is 0.751. The number of hydrogen-bond donors (Lipinski definition) is 1. The molecule has 0 saturated carbocycles. The van der Waals surface area contributed by atoms with Gasteiger partial charge in [-0.15, -0.1) is 0 Å².